The van der Waals surface area contributed by atoms with E-state index in [0.29, 0.717) is 23.8 Å². The Hall–Kier alpha value is -0.770. The molecule has 0 saturated carbocycles. The third-order valence-corrected chi connectivity index (χ3v) is 3.75. The molecule has 0 N–H and O–H groups in total. The van der Waals surface area contributed by atoms with Gasteiger partial charge < -0.3 is 9.47 Å². The van der Waals surface area contributed by atoms with Crippen LogP contribution in [-0.4, -0.2) is 43.3 Å². The van der Waals surface area contributed by atoms with Crippen LogP contribution < -0.4 is 4.74 Å². The van der Waals surface area contributed by atoms with Crippen LogP contribution in [0.2, 0.25) is 5.02 Å². The molecule has 2 atom stereocenters. The van der Waals surface area contributed by atoms with Crippen molar-refractivity contribution in [2.45, 2.75) is 39.4 Å². The van der Waals surface area contributed by atoms with E-state index in [1.165, 1.54) is 0 Å². The fourth-order valence-corrected chi connectivity index (χ4v) is 2.95. The first-order chi connectivity index (χ1) is 9.54. The zero-order chi connectivity index (χ0) is 14.5. The van der Waals surface area contributed by atoms with E-state index in [0.717, 1.165) is 37.4 Å². The molecular weight excluding hydrogens is 274 g/mol. The molecule has 1 aliphatic heterocycles. The molecule has 112 valence electrons. The van der Waals surface area contributed by atoms with Gasteiger partial charge in [0.1, 0.15) is 5.75 Å². The summed E-state index contributed by atoms with van der Waals surface area (Å²) in [5.41, 5.74) is 1.15. The smallest absolute Gasteiger partial charge is 0.137 e. The minimum Gasteiger partial charge on any atom is -0.492 e. The minimum absolute atomic E-state index is 0.325. The second-order valence-corrected chi connectivity index (χ2v) is 6.06. The molecule has 0 spiro atoms. The molecule has 0 bridgehead atoms. The van der Waals surface area contributed by atoms with E-state index in [4.69, 9.17) is 21.1 Å². The van der Waals surface area contributed by atoms with Crippen LogP contribution in [0.4, 0.5) is 0 Å². The first-order valence-electron chi connectivity index (χ1n) is 7.31. The summed E-state index contributed by atoms with van der Waals surface area (Å²) in [4.78, 5) is 2.44. The van der Waals surface area contributed by atoms with Crippen LogP contribution in [-0.2, 0) is 4.74 Å². The maximum Gasteiger partial charge on any atom is 0.137 e. The second kappa shape index (κ2) is 7.30. The first-order valence-corrected chi connectivity index (χ1v) is 7.69. The van der Waals surface area contributed by atoms with E-state index < -0.39 is 0 Å². The molecule has 1 aliphatic rings. The number of rotatable bonds is 5. The SMILES string of the molecule is Cc1ccc(OCCCN2C[C@@H](C)O[C@H](C)C2)c(Cl)c1. The fourth-order valence-electron chi connectivity index (χ4n) is 2.66. The highest BCUT2D eigenvalue weighted by atomic mass is 35.5. The Morgan fingerprint density at radius 2 is 2.00 bits per heavy atom. The van der Waals surface area contributed by atoms with Gasteiger partial charge in [0.15, 0.2) is 0 Å². The van der Waals surface area contributed by atoms with E-state index in [1.54, 1.807) is 0 Å². The number of hydrogen-bond acceptors (Lipinski definition) is 3. The summed E-state index contributed by atoms with van der Waals surface area (Å²) in [5.74, 6) is 0.779. The highest BCUT2D eigenvalue weighted by Crippen LogP contribution is 2.25. The van der Waals surface area contributed by atoms with E-state index >= 15 is 0 Å². The number of benzene rings is 1. The lowest BCUT2D eigenvalue weighted by Crippen LogP contribution is -2.45. The molecule has 1 saturated heterocycles. The van der Waals surface area contributed by atoms with E-state index in [-0.39, 0.29) is 0 Å². The zero-order valence-corrected chi connectivity index (χ0v) is 13.3. The topological polar surface area (TPSA) is 21.7 Å². The van der Waals surface area contributed by atoms with Gasteiger partial charge in [0.2, 0.25) is 0 Å². The first kappa shape index (κ1) is 15.6. The monoisotopic (exact) mass is 297 g/mol. The van der Waals surface area contributed by atoms with Crippen LogP contribution in [0.15, 0.2) is 18.2 Å². The van der Waals surface area contributed by atoms with Crippen molar-refractivity contribution in [2.24, 2.45) is 0 Å². The number of aryl methyl sites for hydroxylation is 1. The average Bonchev–Trinajstić information content (AvgIpc) is 2.35. The van der Waals surface area contributed by atoms with E-state index in [1.807, 2.05) is 25.1 Å². The highest BCUT2D eigenvalue weighted by molar-refractivity contribution is 6.32. The van der Waals surface area contributed by atoms with E-state index in [2.05, 4.69) is 18.7 Å². The summed E-state index contributed by atoms with van der Waals surface area (Å²) in [5, 5.41) is 0.693. The molecule has 2 rings (SSSR count). The van der Waals surface area contributed by atoms with Crippen LogP contribution in [0.5, 0.6) is 5.75 Å². The molecule has 0 aromatic heterocycles. The van der Waals surface area contributed by atoms with Crippen molar-refractivity contribution < 1.29 is 9.47 Å². The summed E-state index contributed by atoms with van der Waals surface area (Å²) in [7, 11) is 0. The molecule has 0 amide bonds. The van der Waals surface area contributed by atoms with Gasteiger partial charge in [-0.2, -0.15) is 0 Å². The molecule has 1 aromatic carbocycles. The van der Waals surface area contributed by atoms with Gasteiger partial charge in [0.05, 0.1) is 23.8 Å². The lowest BCUT2D eigenvalue weighted by Gasteiger charge is -2.35. The average molecular weight is 298 g/mol. The number of ether oxygens (including phenoxy) is 2. The second-order valence-electron chi connectivity index (χ2n) is 5.65. The van der Waals surface area contributed by atoms with Crippen LogP contribution in [0.25, 0.3) is 0 Å². The van der Waals surface area contributed by atoms with Crippen LogP contribution in [0.1, 0.15) is 25.8 Å². The Morgan fingerprint density at radius 3 is 2.65 bits per heavy atom. The summed E-state index contributed by atoms with van der Waals surface area (Å²) >= 11 is 6.14. The van der Waals surface area contributed by atoms with Crippen molar-refractivity contribution in [3.63, 3.8) is 0 Å². The predicted octanol–water partition coefficient (Wildman–Crippen LogP) is 3.53. The van der Waals surface area contributed by atoms with Crippen molar-refractivity contribution in [3.8, 4) is 5.75 Å². The molecule has 0 unspecified atom stereocenters. The van der Waals surface area contributed by atoms with Crippen molar-refractivity contribution in [1.29, 1.82) is 0 Å². The largest absolute Gasteiger partial charge is 0.492 e. The Labute approximate surface area is 126 Å². The number of nitrogens with zero attached hydrogens (tertiary/aromatic N) is 1. The molecule has 1 aromatic rings. The zero-order valence-electron chi connectivity index (χ0n) is 12.6. The quantitative estimate of drug-likeness (QED) is 0.776. The van der Waals surface area contributed by atoms with Gasteiger partial charge in [0.25, 0.3) is 0 Å². The van der Waals surface area contributed by atoms with Crippen molar-refractivity contribution in [2.75, 3.05) is 26.2 Å². The molecular formula is C16H24ClNO2. The predicted molar refractivity (Wildman–Crippen MR) is 82.8 cm³/mol. The number of hydrogen-bond donors (Lipinski definition) is 0. The summed E-state index contributed by atoms with van der Waals surface area (Å²) in [6.07, 6.45) is 1.65. The summed E-state index contributed by atoms with van der Waals surface area (Å²) in [6, 6.07) is 5.89. The number of halogens is 1. The van der Waals surface area contributed by atoms with Crippen molar-refractivity contribution in [1.82, 2.24) is 4.90 Å². The molecule has 0 aliphatic carbocycles. The summed E-state index contributed by atoms with van der Waals surface area (Å²) in [6.45, 7) is 10.0. The lowest BCUT2D eigenvalue weighted by atomic mass is 10.2. The maximum absolute atomic E-state index is 6.14. The maximum atomic E-state index is 6.14. The van der Waals surface area contributed by atoms with Gasteiger partial charge in [-0.05, 0) is 44.9 Å². The van der Waals surface area contributed by atoms with Gasteiger partial charge in [-0.25, -0.2) is 0 Å². The Balaban J connectivity index is 1.71. The third kappa shape index (κ3) is 4.65. The van der Waals surface area contributed by atoms with Gasteiger partial charge in [0, 0.05) is 19.6 Å². The van der Waals surface area contributed by atoms with Gasteiger partial charge >= 0.3 is 0 Å². The van der Waals surface area contributed by atoms with Gasteiger partial charge in [-0.3, -0.25) is 4.90 Å². The molecule has 0 radical (unpaired) electrons. The standard InChI is InChI=1S/C16H24ClNO2/c1-12-5-6-16(15(17)9-12)19-8-4-7-18-10-13(2)20-14(3)11-18/h5-6,9,13-14H,4,7-8,10-11H2,1-3H3/t13-,14-/m1/s1. The molecule has 4 heteroatoms. The lowest BCUT2D eigenvalue weighted by molar-refractivity contribution is -0.0686. The Morgan fingerprint density at radius 1 is 1.30 bits per heavy atom. The molecule has 1 fully saturated rings. The highest BCUT2D eigenvalue weighted by Gasteiger charge is 2.21. The van der Waals surface area contributed by atoms with Gasteiger partial charge in [-0.15, -0.1) is 0 Å². The van der Waals surface area contributed by atoms with Crippen molar-refractivity contribution in [3.05, 3.63) is 28.8 Å². The molecule has 3 nitrogen and oxygen atoms in total. The minimum atomic E-state index is 0.325. The fraction of sp³-hybridized carbons (Fsp3) is 0.625. The normalized spacial score (nSPS) is 23.8. The van der Waals surface area contributed by atoms with Crippen LogP contribution in [0, 0.1) is 6.92 Å². The summed E-state index contributed by atoms with van der Waals surface area (Å²) < 4.78 is 11.5. The molecule has 1 heterocycles. The van der Waals surface area contributed by atoms with Crippen LogP contribution in [0.3, 0.4) is 0 Å². The van der Waals surface area contributed by atoms with Crippen molar-refractivity contribution >= 4 is 11.6 Å². The van der Waals surface area contributed by atoms with Crippen LogP contribution >= 0.6 is 11.6 Å². The Bertz CT molecular complexity index is 428. The third-order valence-electron chi connectivity index (χ3n) is 3.46. The molecule has 20 heavy (non-hydrogen) atoms. The number of morpholine rings is 1. The van der Waals surface area contributed by atoms with Gasteiger partial charge in [-0.1, -0.05) is 17.7 Å². The van der Waals surface area contributed by atoms with E-state index in [9.17, 15) is 0 Å². The Kier molecular flexibility index (Phi) is 5.70.